The quantitative estimate of drug-likeness (QED) is 0.703. The lowest BCUT2D eigenvalue weighted by Gasteiger charge is -2.19. The molecule has 8 nitrogen and oxygen atoms in total. The number of rotatable bonds is 4. The normalized spacial score (nSPS) is 20.5. The Bertz CT molecular complexity index is 381. The van der Waals surface area contributed by atoms with Crippen LogP contribution in [0.3, 0.4) is 0 Å². The molecule has 4 N–H and O–H groups in total. The van der Waals surface area contributed by atoms with E-state index in [9.17, 15) is 9.59 Å². The van der Waals surface area contributed by atoms with Crippen LogP contribution in [0.5, 0.6) is 0 Å². The van der Waals surface area contributed by atoms with E-state index >= 15 is 0 Å². The van der Waals surface area contributed by atoms with Crippen LogP contribution in [0.1, 0.15) is 25.7 Å². The van der Waals surface area contributed by atoms with Gasteiger partial charge in [-0.2, -0.15) is 0 Å². The Labute approximate surface area is 155 Å². The molecule has 0 aliphatic carbocycles. The van der Waals surface area contributed by atoms with Gasteiger partial charge in [0, 0.05) is 51.2 Å². The first kappa shape index (κ1) is 22.3. The molecule has 3 heterocycles. The number of nitrogens with zero attached hydrogens (tertiary/aromatic N) is 2. The molecule has 3 rings (SSSR count). The van der Waals surface area contributed by atoms with E-state index in [0.29, 0.717) is 12.8 Å². The van der Waals surface area contributed by atoms with Crippen LogP contribution < -0.4 is 11.5 Å². The first-order valence-corrected chi connectivity index (χ1v) is 9.11. The maximum absolute atomic E-state index is 10.1. The van der Waals surface area contributed by atoms with Gasteiger partial charge in [0.2, 0.25) is 12.8 Å². The number of hydrogen-bond acceptors (Lipinski definition) is 6. The Morgan fingerprint density at radius 2 is 1.04 bits per heavy atom. The van der Waals surface area contributed by atoms with Crippen molar-refractivity contribution in [3.05, 3.63) is 24.8 Å². The van der Waals surface area contributed by atoms with Crippen LogP contribution in [0.4, 0.5) is 0 Å². The minimum absolute atomic E-state index is 0.648. The fraction of sp³-hybridized carbons (Fsp3) is 0.667. The molecule has 0 bridgehead atoms. The third-order valence-electron chi connectivity index (χ3n) is 4.41. The van der Waals surface area contributed by atoms with Crippen LogP contribution in [0, 0.1) is 11.8 Å². The van der Waals surface area contributed by atoms with E-state index in [4.69, 9.17) is 20.9 Å². The van der Waals surface area contributed by atoms with Crippen molar-refractivity contribution in [3.8, 4) is 0 Å². The molecule has 2 amide bonds. The van der Waals surface area contributed by atoms with Gasteiger partial charge in [0.05, 0.1) is 0 Å². The maximum Gasteiger partial charge on any atom is 0.217 e. The second kappa shape index (κ2) is 14.4. The van der Waals surface area contributed by atoms with Crippen molar-refractivity contribution in [2.24, 2.45) is 23.3 Å². The highest BCUT2D eigenvalue weighted by Crippen LogP contribution is 2.12. The molecule has 0 aromatic heterocycles. The molecule has 0 aromatic rings. The van der Waals surface area contributed by atoms with Gasteiger partial charge < -0.3 is 20.9 Å². The fourth-order valence-electron chi connectivity index (χ4n) is 2.51. The van der Waals surface area contributed by atoms with Crippen LogP contribution in [0.25, 0.3) is 0 Å². The molecule has 8 heteroatoms. The van der Waals surface area contributed by atoms with E-state index in [2.05, 4.69) is 0 Å². The standard InChI is InChI=1S/C6H6N2O2.2C6H13NO/c9-5-7-1-2-8(6-10)4-3-7;2*7-5-6-1-3-8-4-2-6/h1-6H;2*6H,1-5,7H2. The molecule has 148 valence electrons. The smallest absolute Gasteiger partial charge is 0.217 e. The predicted octanol–water partition coefficient (Wildman–Crippen LogP) is 0.603. The van der Waals surface area contributed by atoms with E-state index in [0.717, 1.165) is 77.0 Å². The SMILES string of the molecule is NCC1CCOCC1.NCC1CCOCC1.O=CN1C=CN(C=O)C=C1. The number of ether oxygens (including phenoxy) is 2. The maximum atomic E-state index is 10.1. The first-order valence-electron chi connectivity index (χ1n) is 9.11. The molecule has 0 aromatic carbocycles. The number of amides is 2. The third kappa shape index (κ3) is 9.67. The minimum Gasteiger partial charge on any atom is -0.381 e. The average Bonchev–Trinajstić information content (AvgIpc) is 2.76. The number of carbonyl (C=O) groups is 2. The highest BCUT2D eigenvalue weighted by molar-refractivity contribution is 5.55. The molecule has 26 heavy (non-hydrogen) atoms. The Morgan fingerprint density at radius 1 is 0.731 bits per heavy atom. The molecule has 3 aliphatic heterocycles. The Balaban J connectivity index is 0.000000197. The summed E-state index contributed by atoms with van der Waals surface area (Å²) in [5.74, 6) is 1.48. The van der Waals surface area contributed by atoms with Crippen LogP contribution in [-0.4, -0.2) is 62.1 Å². The summed E-state index contributed by atoms with van der Waals surface area (Å²) in [4.78, 5) is 22.8. The van der Waals surface area contributed by atoms with E-state index < -0.39 is 0 Å². The monoisotopic (exact) mass is 368 g/mol. The highest BCUT2D eigenvalue weighted by atomic mass is 16.5. The van der Waals surface area contributed by atoms with Crippen LogP contribution in [-0.2, 0) is 19.1 Å². The minimum atomic E-state index is 0.648. The molecular formula is C18H32N4O4. The van der Waals surface area contributed by atoms with Gasteiger partial charge in [-0.15, -0.1) is 0 Å². The summed E-state index contributed by atoms with van der Waals surface area (Å²) in [6, 6.07) is 0. The van der Waals surface area contributed by atoms with E-state index in [-0.39, 0.29) is 0 Å². The Hall–Kier alpha value is -1.74. The summed E-state index contributed by atoms with van der Waals surface area (Å²) in [5.41, 5.74) is 10.9. The van der Waals surface area contributed by atoms with Crippen molar-refractivity contribution in [1.29, 1.82) is 0 Å². The first-order chi connectivity index (χ1) is 12.7. The molecule has 3 aliphatic rings. The molecule has 0 unspecified atom stereocenters. The zero-order valence-electron chi connectivity index (χ0n) is 15.4. The van der Waals surface area contributed by atoms with Gasteiger partial charge in [-0.3, -0.25) is 19.4 Å². The van der Waals surface area contributed by atoms with Crippen molar-refractivity contribution in [3.63, 3.8) is 0 Å². The van der Waals surface area contributed by atoms with Crippen molar-refractivity contribution in [2.45, 2.75) is 25.7 Å². The van der Waals surface area contributed by atoms with Gasteiger partial charge in [0.15, 0.2) is 0 Å². The largest absolute Gasteiger partial charge is 0.381 e. The summed E-state index contributed by atoms with van der Waals surface area (Å²) in [5, 5.41) is 0. The lowest BCUT2D eigenvalue weighted by molar-refractivity contribution is -0.116. The van der Waals surface area contributed by atoms with Crippen molar-refractivity contribution in [1.82, 2.24) is 9.80 Å². The highest BCUT2D eigenvalue weighted by Gasteiger charge is 2.11. The van der Waals surface area contributed by atoms with Crippen molar-refractivity contribution < 1.29 is 19.1 Å². The van der Waals surface area contributed by atoms with Crippen LogP contribution in [0.15, 0.2) is 24.8 Å². The number of hydrogen-bond donors (Lipinski definition) is 2. The zero-order chi connectivity index (χ0) is 19.0. The molecule has 0 saturated carbocycles. The third-order valence-corrected chi connectivity index (χ3v) is 4.41. The summed E-state index contributed by atoms with van der Waals surface area (Å²) in [6.07, 6.45) is 11.9. The zero-order valence-corrected chi connectivity index (χ0v) is 15.4. The summed E-state index contributed by atoms with van der Waals surface area (Å²) >= 11 is 0. The fourth-order valence-corrected chi connectivity index (χ4v) is 2.51. The topological polar surface area (TPSA) is 111 Å². The molecular weight excluding hydrogens is 336 g/mol. The van der Waals surface area contributed by atoms with Crippen LogP contribution >= 0.6 is 0 Å². The molecule has 2 fully saturated rings. The summed E-state index contributed by atoms with van der Waals surface area (Å²) < 4.78 is 10.3. The predicted molar refractivity (Wildman–Crippen MR) is 99.3 cm³/mol. The van der Waals surface area contributed by atoms with Crippen molar-refractivity contribution in [2.75, 3.05) is 39.5 Å². The van der Waals surface area contributed by atoms with E-state index in [1.807, 2.05) is 0 Å². The van der Waals surface area contributed by atoms with Gasteiger partial charge in [-0.05, 0) is 50.6 Å². The average molecular weight is 368 g/mol. The lowest BCUT2D eigenvalue weighted by Crippen LogP contribution is -2.22. The van der Waals surface area contributed by atoms with Gasteiger partial charge in [0.1, 0.15) is 0 Å². The molecule has 0 radical (unpaired) electrons. The molecule has 0 spiro atoms. The van der Waals surface area contributed by atoms with E-state index in [1.54, 1.807) is 0 Å². The van der Waals surface area contributed by atoms with Gasteiger partial charge in [-0.25, -0.2) is 0 Å². The second-order valence-corrected chi connectivity index (χ2v) is 6.28. The van der Waals surface area contributed by atoms with Gasteiger partial charge in [0.25, 0.3) is 0 Å². The number of carbonyl (C=O) groups excluding carboxylic acids is 2. The summed E-state index contributed by atoms with van der Waals surface area (Å²) in [6.45, 7) is 5.35. The van der Waals surface area contributed by atoms with E-state index in [1.165, 1.54) is 34.6 Å². The summed E-state index contributed by atoms with van der Waals surface area (Å²) in [7, 11) is 0. The van der Waals surface area contributed by atoms with Gasteiger partial charge >= 0.3 is 0 Å². The number of nitrogens with two attached hydrogens (primary N) is 2. The lowest BCUT2D eigenvalue weighted by atomic mass is 10.0. The molecule has 2 saturated heterocycles. The second-order valence-electron chi connectivity index (χ2n) is 6.28. The van der Waals surface area contributed by atoms with Gasteiger partial charge in [-0.1, -0.05) is 0 Å². The Kier molecular flexibility index (Phi) is 12.4. The van der Waals surface area contributed by atoms with Crippen molar-refractivity contribution >= 4 is 12.8 Å². The van der Waals surface area contributed by atoms with Crippen LogP contribution in [0.2, 0.25) is 0 Å². The Morgan fingerprint density at radius 3 is 1.23 bits per heavy atom. The molecule has 0 atom stereocenters.